The SMILES string of the molecule is CCCCCCCCCCCCC=CCCCCC(=O)OC[C@H](COP(=O)(O)OC[C@@H](O)[C@@H](O)[C@H](O)CO)OC(=O)CCCCC=CCCCCCCCCCCCC. The lowest BCUT2D eigenvalue weighted by atomic mass is 10.1. The van der Waals surface area contributed by atoms with Gasteiger partial charge < -0.3 is 34.8 Å². The Labute approximate surface area is 358 Å². The monoisotopic (exact) mass is 863 g/mol. The minimum absolute atomic E-state index is 0.105. The van der Waals surface area contributed by atoms with E-state index >= 15 is 0 Å². The second-order valence-electron chi connectivity index (χ2n) is 16.0. The van der Waals surface area contributed by atoms with Gasteiger partial charge in [-0.3, -0.25) is 18.6 Å². The second kappa shape index (κ2) is 41.7. The lowest BCUT2D eigenvalue weighted by Crippen LogP contribution is -2.41. The number of aliphatic hydroxyl groups excluding tert-OH is 4. The first kappa shape index (κ1) is 57.4. The van der Waals surface area contributed by atoms with E-state index in [1.807, 2.05) is 0 Å². The minimum Gasteiger partial charge on any atom is -0.462 e. The van der Waals surface area contributed by atoms with Crippen LogP contribution >= 0.6 is 7.82 Å². The fourth-order valence-corrected chi connectivity index (χ4v) is 7.27. The summed E-state index contributed by atoms with van der Waals surface area (Å²) >= 11 is 0. The topological polar surface area (TPSA) is 189 Å². The molecule has 0 aliphatic rings. The number of unbranched alkanes of at least 4 members (excludes halogenated alkanes) is 24. The van der Waals surface area contributed by atoms with Gasteiger partial charge in [0.25, 0.3) is 0 Å². The van der Waals surface area contributed by atoms with Crippen LogP contribution in [0.3, 0.4) is 0 Å². The number of hydrogen-bond acceptors (Lipinski definition) is 11. The average molecular weight is 863 g/mol. The number of aliphatic hydroxyl groups is 4. The van der Waals surface area contributed by atoms with Gasteiger partial charge in [-0.1, -0.05) is 154 Å². The summed E-state index contributed by atoms with van der Waals surface area (Å²) < 4.78 is 33.0. The van der Waals surface area contributed by atoms with E-state index in [-0.39, 0.29) is 12.8 Å². The Bertz CT molecular complexity index is 1070. The van der Waals surface area contributed by atoms with Crippen LogP contribution in [0.15, 0.2) is 24.3 Å². The van der Waals surface area contributed by atoms with Crippen LogP contribution in [0.1, 0.15) is 206 Å². The molecule has 0 aliphatic carbocycles. The summed E-state index contributed by atoms with van der Waals surface area (Å²) in [4.78, 5) is 35.3. The van der Waals surface area contributed by atoms with Gasteiger partial charge in [-0.2, -0.15) is 0 Å². The molecule has 59 heavy (non-hydrogen) atoms. The molecule has 0 rings (SSSR count). The summed E-state index contributed by atoms with van der Waals surface area (Å²) in [7, 11) is -4.83. The highest BCUT2D eigenvalue weighted by Crippen LogP contribution is 2.43. The molecular formula is C46H87O12P. The van der Waals surface area contributed by atoms with Crippen molar-refractivity contribution in [2.75, 3.05) is 26.4 Å². The maximum Gasteiger partial charge on any atom is 0.472 e. The molecule has 5 N–H and O–H groups in total. The Morgan fingerprint density at radius 3 is 1.31 bits per heavy atom. The van der Waals surface area contributed by atoms with E-state index in [0.717, 1.165) is 38.5 Å². The van der Waals surface area contributed by atoms with E-state index in [4.69, 9.17) is 23.6 Å². The summed E-state index contributed by atoms with van der Waals surface area (Å²) in [5.41, 5.74) is 0. The van der Waals surface area contributed by atoms with E-state index in [1.54, 1.807) is 0 Å². The van der Waals surface area contributed by atoms with Gasteiger partial charge in [0.1, 0.15) is 24.9 Å². The summed E-state index contributed by atoms with van der Waals surface area (Å²) in [6.07, 6.45) is 35.3. The zero-order chi connectivity index (χ0) is 43.7. The minimum atomic E-state index is -4.83. The van der Waals surface area contributed by atoms with Crippen molar-refractivity contribution in [3.05, 3.63) is 24.3 Å². The first-order valence-electron chi connectivity index (χ1n) is 23.5. The summed E-state index contributed by atoms with van der Waals surface area (Å²) in [5, 5.41) is 38.1. The molecule has 0 heterocycles. The van der Waals surface area contributed by atoms with E-state index < -0.39 is 70.6 Å². The summed E-state index contributed by atoms with van der Waals surface area (Å²) in [6.45, 7) is 1.71. The van der Waals surface area contributed by atoms with Gasteiger partial charge in [0.05, 0.1) is 19.8 Å². The van der Waals surface area contributed by atoms with Crippen molar-refractivity contribution in [1.29, 1.82) is 0 Å². The van der Waals surface area contributed by atoms with Crippen molar-refractivity contribution in [2.45, 2.75) is 231 Å². The number of rotatable bonds is 44. The molecule has 0 aromatic carbocycles. The second-order valence-corrected chi connectivity index (χ2v) is 17.5. The lowest BCUT2D eigenvalue weighted by Gasteiger charge is -2.23. The van der Waals surface area contributed by atoms with Gasteiger partial charge in [-0.05, 0) is 64.2 Å². The molecular weight excluding hydrogens is 775 g/mol. The molecule has 0 amide bonds. The Kier molecular flexibility index (Phi) is 40.6. The standard InChI is InChI=1S/C46H87O12P/c1-3-5-7-9-11-13-15-17-19-21-23-25-27-29-31-33-35-44(50)55-38-41(39-56-59(53,54)57-40-43(49)46(52)42(48)37-47)58-45(51)36-34-32-30-28-26-24-22-20-18-16-14-12-10-8-6-4-2/h25-28,41-43,46-49,52H,3-24,29-40H2,1-2H3,(H,53,54)/t41-,42-,43-,46+/m1/s1. The Hall–Kier alpha value is -1.63. The Morgan fingerprint density at radius 1 is 0.508 bits per heavy atom. The molecule has 0 fully saturated rings. The van der Waals surface area contributed by atoms with E-state index in [0.29, 0.717) is 12.8 Å². The van der Waals surface area contributed by atoms with Crippen LogP contribution in [0.25, 0.3) is 0 Å². The Morgan fingerprint density at radius 2 is 0.881 bits per heavy atom. The highest BCUT2D eigenvalue weighted by Gasteiger charge is 2.30. The zero-order valence-corrected chi connectivity index (χ0v) is 38.1. The van der Waals surface area contributed by atoms with Gasteiger partial charge in [0.15, 0.2) is 6.10 Å². The smallest absolute Gasteiger partial charge is 0.462 e. The van der Waals surface area contributed by atoms with Crippen LogP contribution in [0.4, 0.5) is 0 Å². The predicted molar refractivity (Wildman–Crippen MR) is 236 cm³/mol. The van der Waals surface area contributed by atoms with Crippen molar-refractivity contribution in [1.82, 2.24) is 0 Å². The lowest BCUT2D eigenvalue weighted by molar-refractivity contribution is -0.161. The molecule has 0 radical (unpaired) electrons. The molecule has 12 nitrogen and oxygen atoms in total. The fraction of sp³-hybridized carbons (Fsp3) is 0.870. The number of ether oxygens (including phenoxy) is 2. The predicted octanol–water partition coefficient (Wildman–Crippen LogP) is 10.5. The number of phosphoric acid groups is 1. The third-order valence-corrected chi connectivity index (χ3v) is 11.3. The number of esters is 2. The van der Waals surface area contributed by atoms with Crippen LogP contribution in [0.5, 0.6) is 0 Å². The van der Waals surface area contributed by atoms with Gasteiger partial charge in [0.2, 0.25) is 0 Å². The van der Waals surface area contributed by atoms with Gasteiger partial charge in [0, 0.05) is 12.8 Å². The van der Waals surface area contributed by atoms with Crippen LogP contribution in [-0.2, 0) is 32.7 Å². The van der Waals surface area contributed by atoms with Crippen LogP contribution in [0, 0.1) is 0 Å². The molecule has 0 spiro atoms. The number of carbonyl (C=O) groups is 2. The van der Waals surface area contributed by atoms with Crippen LogP contribution < -0.4 is 0 Å². The molecule has 5 atom stereocenters. The first-order valence-corrected chi connectivity index (χ1v) is 25.0. The fourth-order valence-electron chi connectivity index (χ4n) is 6.50. The quantitative estimate of drug-likeness (QED) is 0.0169. The molecule has 0 bridgehead atoms. The maximum absolute atomic E-state index is 12.7. The summed E-state index contributed by atoms with van der Waals surface area (Å²) in [6, 6.07) is 0. The molecule has 1 unspecified atom stereocenters. The molecule has 0 saturated carbocycles. The van der Waals surface area contributed by atoms with Crippen molar-refractivity contribution >= 4 is 19.8 Å². The van der Waals surface area contributed by atoms with E-state index in [2.05, 4.69) is 38.2 Å². The van der Waals surface area contributed by atoms with Gasteiger partial charge >= 0.3 is 19.8 Å². The molecule has 348 valence electrons. The average Bonchev–Trinajstić information content (AvgIpc) is 3.22. The highest BCUT2D eigenvalue weighted by molar-refractivity contribution is 7.47. The van der Waals surface area contributed by atoms with Gasteiger partial charge in [-0.25, -0.2) is 4.57 Å². The van der Waals surface area contributed by atoms with Crippen LogP contribution in [0.2, 0.25) is 0 Å². The van der Waals surface area contributed by atoms with E-state index in [1.165, 1.54) is 128 Å². The number of hydrogen-bond donors (Lipinski definition) is 5. The van der Waals surface area contributed by atoms with Crippen molar-refractivity contribution < 1.29 is 58.0 Å². The molecule has 0 saturated heterocycles. The highest BCUT2D eigenvalue weighted by atomic mass is 31.2. The number of phosphoric ester groups is 1. The van der Waals surface area contributed by atoms with Crippen molar-refractivity contribution in [2.24, 2.45) is 0 Å². The van der Waals surface area contributed by atoms with Crippen molar-refractivity contribution in [3.8, 4) is 0 Å². The maximum atomic E-state index is 12.7. The molecule has 0 aliphatic heterocycles. The summed E-state index contributed by atoms with van der Waals surface area (Å²) in [5.74, 6) is -1.06. The van der Waals surface area contributed by atoms with Crippen LogP contribution in [-0.4, -0.2) is 88.1 Å². The molecule has 13 heteroatoms. The normalized spacial score (nSPS) is 15.0. The molecule has 0 aromatic rings. The van der Waals surface area contributed by atoms with E-state index in [9.17, 15) is 34.4 Å². The third-order valence-electron chi connectivity index (χ3n) is 10.3. The Balaban J connectivity index is 4.55. The van der Waals surface area contributed by atoms with Crippen molar-refractivity contribution in [3.63, 3.8) is 0 Å². The third kappa shape index (κ3) is 39.0. The number of allylic oxidation sites excluding steroid dienone is 4. The molecule has 0 aromatic heterocycles. The zero-order valence-electron chi connectivity index (χ0n) is 37.2. The first-order chi connectivity index (χ1) is 28.6. The largest absolute Gasteiger partial charge is 0.472 e. The number of carbonyl (C=O) groups excluding carboxylic acids is 2. The van der Waals surface area contributed by atoms with Gasteiger partial charge in [-0.15, -0.1) is 0 Å².